The number of carbonyl (C=O) groups excluding carboxylic acids is 1. The minimum absolute atomic E-state index is 0.243. The molecule has 1 amide bonds. The van der Waals surface area contributed by atoms with Crippen LogP contribution >= 0.6 is 0 Å². The van der Waals surface area contributed by atoms with Gasteiger partial charge in [-0.15, -0.1) is 0 Å². The molecule has 0 unspecified atom stereocenters. The van der Waals surface area contributed by atoms with E-state index in [0.29, 0.717) is 6.42 Å². The number of carbonyl (C=O) groups is 2. The molecule has 0 radical (unpaired) electrons. The van der Waals surface area contributed by atoms with Crippen LogP contribution in [-0.4, -0.2) is 23.0 Å². The molecule has 0 bridgehead atoms. The van der Waals surface area contributed by atoms with Gasteiger partial charge >= 0.3 is 5.97 Å². The summed E-state index contributed by atoms with van der Waals surface area (Å²) < 4.78 is 0. The van der Waals surface area contributed by atoms with Gasteiger partial charge in [0.1, 0.15) is 6.04 Å². The van der Waals surface area contributed by atoms with Gasteiger partial charge in [-0.1, -0.05) is 42.5 Å². The molecular formula is C16H17NO3. The Bertz CT molecular complexity index is 636. The van der Waals surface area contributed by atoms with Crippen LogP contribution in [0, 0.1) is 0 Å². The standard InChI is InChI=1S/C16H17NO3/c1-11(16(19)20)17-15(18)9-7-12-6-8-13-4-2-3-5-14(13)10-12/h2-6,8,10-11H,7,9H2,1H3,(H,17,18)(H,19,20)/t11-/m0/s1. The topological polar surface area (TPSA) is 66.4 Å². The van der Waals surface area contributed by atoms with Gasteiger partial charge in [0.2, 0.25) is 5.91 Å². The van der Waals surface area contributed by atoms with E-state index in [1.165, 1.54) is 12.3 Å². The molecule has 104 valence electrons. The lowest BCUT2D eigenvalue weighted by Crippen LogP contribution is -2.38. The minimum Gasteiger partial charge on any atom is -0.480 e. The van der Waals surface area contributed by atoms with Gasteiger partial charge in [-0.25, -0.2) is 0 Å². The number of aryl methyl sites for hydroxylation is 1. The number of carboxylic acid groups (broad SMARTS) is 1. The van der Waals surface area contributed by atoms with E-state index in [1.807, 2.05) is 36.4 Å². The summed E-state index contributed by atoms with van der Waals surface area (Å²) in [5, 5.41) is 13.5. The monoisotopic (exact) mass is 271 g/mol. The predicted molar refractivity (Wildman–Crippen MR) is 77.5 cm³/mol. The fourth-order valence-corrected chi connectivity index (χ4v) is 2.03. The lowest BCUT2D eigenvalue weighted by atomic mass is 10.0. The van der Waals surface area contributed by atoms with Crippen molar-refractivity contribution < 1.29 is 14.7 Å². The number of aliphatic carboxylic acids is 1. The molecule has 0 aliphatic rings. The fourth-order valence-electron chi connectivity index (χ4n) is 2.03. The van der Waals surface area contributed by atoms with E-state index in [1.54, 1.807) is 0 Å². The van der Waals surface area contributed by atoms with Crippen molar-refractivity contribution in [1.82, 2.24) is 5.32 Å². The maximum atomic E-state index is 11.6. The van der Waals surface area contributed by atoms with Crippen LogP contribution in [0.25, 0.3) is 10.8 Å². The summed E-state index contributed by atoms with van der Waals surface area (Å²) in [6.45, 7) is 1.45. The molecular weight excluding hydrogens is 254 g/mol. The summed E-state index contributed by atoms with van der Waals surface area (Å²) >= 11 is 0. The number of amides is 1. The van der Waals surface area contributed by atoms with Gasteiger partial charge < -0.3 is 10.4 Å². The van der Waals surface area contributed by atoms with E-state index in [0.717, 1.165) is 10.9 Å². The average Bonchev–Trinajstić information content (AvgIpc) is 2.44. The Morgan fingerprint density at radius 1 is 1.15 bits per heavy atom. The van der Waals surface area contributed by atoms with Crippen LogP contribution in [0.4, 0.5) is 0 Å². The maximum Gasteiger partial charge on any atom is 0.325 e. The first-order valence-electron chi connectivity index (χ1n) is 6.56. The largest absolute Gasteiger partial charge is 0.480 e. The van der Waals surface area contributed by atoms with Gasteiger partial charge in [-0.05, 0) is 29.7 Å². The number of nitrogens with one attached hydrogen (secondary N) is 1. The van der Waals surface area contributed by atoms with E-state index in [-0.39, 0.29) is 12.3 Å². The third-order valence-corrected chi connectivity index (χ3v) is 3.20. The smallest absolute Gasteiger partial charge is 0.325 e. The molecule has 20 heavy (non-hydrogen) atoms. The van der Waals surface area contributed by atoms with Gasteiger partial charge in [-0.3, -0.25) is 9.59 Å². The molecule has 4 nitrogen and oxygen atoms in total. The Morgan fingerprint density at radius 2 is 1.85 bits per heavy atom. The molecule has 1 atom stereocenters. The lowest BCUT2D eigenvalue weighted by Gasteiger charge is -2.09. The second kappa shape index (κ2) is 6.19. The Hall–Kier alpha value is -2.36. The van der Waals surface area contributed by atoms with Crippen LogP contribution in [0.3, 0.4) is 0 Å². The highest BCUT2D eigenvalue weighted by Gasteiger charge is 2.13. The third-order valence-electron chi connectivity index (χ3n) is 3.20. The zero-order chi connectivity index (χ0) is 14.5. The highest BCUT2D eigenvalue weighted by Crippen LogP contribution is 2.16. The van der Waals surface area contributed by atoms with Crippen LogP contribution in [-0.2, 0) is 16.0 Å². The maximum absolute atomic E-state index is 11.6. The quantitative estimate of drug-likeness (QED) is 0.877. The molecule has 2 aromatic rings. The van der Waals surface area contributed by atoms with Gasteiger partial charge in [0.05, 0.1) is 0 Å². The molecule has 0 spiro atoms. The molecule has 0 aliphatic carbocycles. The van der Waals surface area contributed by atoms with Crippen molar-refractivity contribution in [3.63, 3.8) is 0 Å². The second-order valence-electron chi connectivity index (χ2n) is 4.81. The van der Waals surface area contributed by atoms with E-state index in [4.69, 9.17) is 5.11 Å². The molecule has 0 aliphatic heterocycles. The molecule has 4 heteroatoms. The molecule has 2 aromatic carbocycles. The summed E-state index contributed by atoms with van der Waals surface area (Å²) in [6, 6.07) is 13.3. The van der Waals surface area contributed by atoms with Crippen LogP contribution in [0.15, 0.2) is 42.5 Å². The zero-order valence-corrected chi connectivity index (χ0v) is 11.3. The van der Waals surface area contributed by atoms with Crippen LogP contribution in [0.1, 0.15) is 18.9 Å². The number of hydrogen-bond donors (Lipinski definition) is 2. The Balaban J connectivity index is 1.95. The zero-order valence-electron chi connectivity index (χ0n) is 11.3. The van der Waals surface area contributed by atoms with Crippen LogP contribution < -0.4 is 5.32 Å². The first-order chi connectivity index (χ1) is 9.56. The number of hydrogen-bond acceptors (Lipinski definition) is 2. The van der Waals surface area contributed by atoms with E-state index >= 15 is 0 Å². The first kappa shape index (κ1) is 14.1. The number of fused-ring (bicyclic) bond motifs is 1. The minimum atomic E-state index is -1.02. The summed E-state index contributed by atoms with van der Waals surface area (Å²) in [7, 11) is 0. The van der Waals surface area contributed by atoms with Crippen molar-refractivity contribution in [2.45, 2.75) is 25.8 Å². The highest BCUT2D eigenvalue weighted by molar-refractivity contribution is 5.84. The lowest BCUT2D eigenvalue weighted by molar-refractivity contribution is -0.141. The Labute approximate surface area is 117 Å². The second-order valence-corrected chi connectivity index (χ2v) is 4.81. The first-order valence-corrected chi connectivity index (χ1v) is 6.56. The Morgan fingerprint density at radius 3 is 2.55 bits per heavy atom. The van der Waals surface area contributed by atoms with Gasteiger partial charge in [-0.2, -0.15) is 0 Å². The SMILES string of the molecule is C[C@H](NC(=O)CCc1ccc2ccccc2c1)C(=O)O. The highest BCUT2D eigenvalue weighted by atomic mass is 16.4. The molecule has 0 saturated heterocycles. The predicted octanol–water partition coefficient (Wildman–Crippen LogP) is 2.36. The molecule has 0 saturated carbocycles. The van der Waals surface area contributed by atoms with Crippen molar-refractivity contribution in [3.05, 3.63) is 48.0 Å². The summed E-state index contributed by atoms with van der Waals surface area (Å²) in [5.74, 6) is -1.27. The number of rotatable bonds is 5. The number of carboxylic acids is 1. The van der Waals surface area contributed by atoms with Gasteiger partial charge in [0, 0.05) is 6.42 Å². The molecule has 2 rings (SSSR count). The molecule has 0 aromatic heterocycles. The van der Waals surface area contributed by atoms with Crippen molar-refractivity contribution in [2.75, 3.05) is 0 Å². The van der Waals surface area contributed by atoms with Crippen LogP contribution in [0.5, 0.6) is 0 Å². The average molecular weight is 271 g/mol. The third kappa shape index (κ3) is 3.57. The van der Waals surface area contributed by atoms with E-state index in [9.17, 15) is 9.59 Å². The van der Waals surface area contributed by atoms with E-state index in [2.05, 4.69) is 11.4 Å². The van der Waals surface area contributed by atoms with Crippen molar-refractivity contribution >= 4 is 22.6 Å². The number of benzene rings is 2. The van der Waals surface area contributed by atoms with Crippen LogP contribution in [0.2, 0.25) is 0 Å². The summed E-state index contributed by atoms with van der Waals surface area (Å²) in [4.78, 5) is 22.3. The molecule has 0 heterocycles. The summed E-state index contributed by atoms with van der Waals surface area (Å²) in [5.41, 5.74) is 1.07. The summed E-state index contributed by atoms with van der Waals surface area (Å²) in [6.07, 6.45) is 0.888. The molecule has 2 N–H and O–H groups in total. The normalized spacial score (nSPS) is 12.1. The van der Waals surface area contributed by atoms with Crippen molar-refractivity contribution in [2.24, 2.45) is 0 Å². The van der Waals surface area contributed by atoms with Crippen molar-refractivity contribution in [1.29, 1.82) is 0 Å². The molecule has 0 fully saturated rings. The fraction of sp³-hybridized carbons (Fsp3) is 0.250. The van der Waals surface area contributed by atoms with Crippen molar-refractivity contribution in [3.8, 4) is 0 Å². The van der Waals surface area contributed by atoms with Gasteiger partial charge in [0.25, 0.3) is 0 Å². The Kier molecular flexibility index (Phi) is 4.35. The van der Waals surface area contributed by atoms with E-state index < -0.39 is 12.0 Å². The van der Waals surface area contributed by atoms with Gasteiger partial charge in [0.15, 0.2) is 0 Å².